The standard InChI is InChI=1S/C52H49N5O7S3/c1-51(2)62-30-29-39(64-51)31-65-41-33-66-48-43(47(59)57(48)44(41)49(60)63-45(34-19-9-4-10-20-34)35-21-11-5-12-22-35)54-46(58)42(56-61-3)40-32-67-50(53-40)55-52(36-23-13-6-14-24-36,37-25-15-7-16-26-37)38-27-17-8-18-28-38/h4-28,32,39,43,45,48H,29-31,33H2,1-3H3,(H,53,55)(H,54,58)/b56-42-/t39?,43?,48-/m0/s1. The monoisotopic (exact) mass is 951 g/mol. The highest BCUT2D eigenvalue weighted by atomic mass is 32.2. The van der Waals surface area contributed by atoms with Crippen molar-refractivity contribution < 1.29 is 33.4 Å². The summed E-state index contributed by atoms with van der Waals surface area (Å²) in [6.45, 7) is 4.32. The lowest BCUT2D eigenvalue weighted by Gasteiger charge is -2.49. The summed E-state index contributed by atoms with van der Waals surface area (Å²) in [6, 6.07) is 48.4. The molecule has 2 N–H and O–H groups in total. The molecule has 0 saturated carbocycles. The van der Waals surface area contributed by atoms with Gasteiger partial charge >= 0.3 is 5.97 Å². The number of rotatable bonds is 16. The molecule has 0 radical (unpaired) electrons. The molecule has 0 spiro atoms. The average Bonchev–Trinajstić information content (AvgIpc) is 3.83. The number of thiazole rings is 1. The van der Waals surface area contributed by atoms with E-state index in [0.29, 0.717) is 34.6 Å². The van der Waals surface area contributed by atoms with Gasteiger partial charge in [-0.1, -0.05) is 157 Å². The van der Waals surface area contributed by atoms with Crippen LogP contribution in [0.25, 0.3) is 0 Å². The first-order valence-electron chi connectivity index (χ1n) is 21.9. The molecule has 2 fully saturated rings. The number of carbonyl (C=O) groups excluding carboxylic acids is 3. The van der Waals surface area contributed by atoms with Crippen LogP contribution < -0.4 is 10.6 Å². The normalized spacial score (nSPS) is 19.3. The molecule has 5 aromatic carbocycles. The van der Waals surface area contributed by atoms with Gasteiger partial charge in [0.1, 0.15) is 35.5 Å². The molecule has 6 aromatic rings. The van der Waals surface area contributed by atoms with Crippen LogP contribution in [0.3, 0.4) is 0 Å². The second-order valence-electron chi connectivity index (χ2n) is 16.5. The number of thioether (sulfide) groups is 2. The first-order chi connectivity index (χ1) is 32.6. The fraction of sp³-hybridized carbons (Fsp3) is 0.250. The van der Waals surface area contributed by atoms with E-state index in [1.54, 1.807) is 5.38 Å². The molecule has 342 valence electrons. The number of fused-ring (bicyclic) bond motifs is 1. The molecule has 4 heterocycles. The zero-order chi connectivity index (χ0) is 46.4. The molecule has 9 rings (SSSR count). The van der Waals surface area contributed by atoms with Gasteiger partial charge in [-0.25, -0.2) is 9.78 Å². The van der Waals surface area contributed by atoms with E-state index in [9.17, 15) is 14.4 Å². The maximum Gasteiger partial charge on any atom is 0.356 e. The largest absolute Gasteiger partial charge is 0.448 e. The van der Waals surface area contributed by atoms with Crippen molar-refractivity contribution in [1.29, 1.82) is 0 Å². The third-order valence-corrected chi connectivity index (χ3v) is 15.1. The van der Waals surface area contributed by atoms with Crippen molar-refractivity contribution in [3.8, 4) is 0 Å². The van der Waals surface area contributed by atoms with Gasteiger partial charge in [-0.2, -0.15) is 0 Å². The number of oxime groups is 1. The molecule has 2 unspecified atom stereocenters. The van der Waals surface area contributed by atoms with Crippen LogP contribution in [0, 0.1) is 0 Å². The SMILES string of the molecule is CO/N=C(\C(=O)NC1C(=O)N2C(C(=O)OC(c3ccccc3)c3ccccc3)=C(SCC3CCOC(C)(C)O3)CS[C@@H]12)c1csc(NC(c2ccccc2)(c2ccccc2)c2ccccc2)n1. The Hall–Kier alpha value is -6.23. The van der Waals surface area contributed by atoms with Gasteiger partial charge in [0.25, 0.3) is 11.8 Å². The first kappa shape index (κ1) is 45.9. The van der Waals surface area contributed by atoms with E-state index in [1.807, 2.05) is 129 Å². The summed E-state index contributed by atoms with van der Waals surface area (Å²) in [5.41, 5.74) is 3.97. The Kier molecular flexibility index (Phi) is 13.9. The number of nitrogens with zero attached hydrogens (tertiary/aromatic N) is 3. The van der Waals surface area contributed by atoms with Crippen molar-refractivity contribution in [2.45, 2.75) is 55.2 Å². The van der Waals surface area contributed by atoms with Crippen LogP contribution in [0.2, 0.25) is 0 Å². The topological polar surface area (TPSA) is 141 Å². The summed E-state index contributed by atoms with van der Waals surface area (Å²) in [5, 5.41) is 12.4. The van der Waals surface area contributed by atoms with Gasteiger partial charge in [0.15, 0.2) is 22.7 Å². The molecule has 3 aliphatic rings. The zero-order valence-electron chi connectivity index (χ0n) is 37.1. The molecule has 0 aliphatic carbocycles. The van der Waals surface area contributed by atoms with Gasteiger partial charge < -0.3 is 29.7 Å². The van der Waals surface area contributed by atoms with E-state index in [-0.39, 0.29) is 23.2 Å². The van der Waals surface area contributed by atoms with Gasteiger partial charge in [0, 0.05) is 21.8 Å². The number of hydrogen-bond acceptors (Lipinski definition) is 13. The Morgan fingerprint density at radius 3 is 1.96 bits per heavy atom. The average molecular weight is 952 g/mol. The minimum Gasteiger partial charge on any atom is -0.448 e. The summed E-state index contributed by atoms with van der Waals surface area (Å²) in [4.78, 5) is 55.6. The number of benzene rings is 5. The number of carbonyl (C=O) groups is 3. The molecule has 3 atom stereocenters. The minimum absolute atomic E-state index is 0.108. The Bertz CT molecular complexity index is 2610. The van der Waals surface area contributed by atoms with Crippen molar-refractivity contribution in [2.75, 3.05) is 30.5 Å². The summed E-state index contributed by atoms with van der Waals surface area (Å²) in [7, 11) is 1.35. The number of aromatic nitrogens is 1. The molecular weight excluding hydrogens is 903 g/mol. The van der Waals surface area contributed by atoms with Crippen molar-refractivity contribution in [2.24, 2.45) is 5.16 Å². The van der Waals surface area contributed by atoms with Crippen molar-refractivity contribution in [1.82, 2.24) is 15.2 Å². The van der Waals surface area contributed by atoms with Crippen molar-refractivity contribution in [3.63, 3.8) is 0 Å². The van der Waals surface area contributed by atoms with E-state index in [4.69, 9.17) is 24.0 Å². The van der Waals surface area contributed by atoms with E-state index in [1.165, 1.54) is 46.9 Å². The maximum atomic E-state index is 14.7. The van der Waals surface area contributed by atoms with Gasteiger partial charge in [-0.05, 0) is 48.1 Å². The smallest absolute Gasteiger partial charge is 0.356 e. The van der Waals surface area contributed by atoms with E-state index < -0.39 is 46.6 Å². The third kappa shape index (κ3) is 9.79. The number of β-lactam (4-membered cyclic amide) rings is 1. The molecule has 2 amide bonds. The van der Waals surface area contributed by atoms with Crippen molar-refractivity contribution in [3.05, 3.63) is 201 Å². The number of nitrogens with one attached hydrogen (secondary N) is 2. The lowest BCUT2D eigenvalue weighted by atomic mass is 9.77. The number of ether oxygens (including phenoxy) is 3. The molecule has 0 bridgehead atoms. The highest BCUT2D eigenvalue weighted by molar-refractivity contribution is 8.06. The predicted octanol–water partition coefficient (Wildman–Crippen LogP) is 9.12. The van der Waals surface area contributed by atoms with E-state index in [2.05, 4.69) is 52.2 Å². The van der Waals surface area contributed by atoms with Gasteiger partial charge in [-0.15, -0.1) is 34.9 Å². The summed E-state index contributed by atoms with van der Waals surface area (Å²) < 4.78 is 18.4. The third-order valence-electron chi connectivity index (χ3n) is 11.7. The fourth-order valence-corrected chi connectivity index (χ4v) is 12.0. The molecule has 3 aliphatic heterocycles. The second kappa shape index (κ2) is 20.3. The summed E-state index contributed by atoms with van der Waals surface area (Å²) in [6.07, 6.45) is -0.180. The minimum atomic E-state index is -0.981. The Labute approximate surface area is 402 Å². The molecule has 12 nitrogen and oxygen atoms in total. The summed E-state index contributed by atoms with van der Waals surface area (Å²) in [5.74, 6) is -1.54. The lowest BCUT2D eigenvalue weighted by molar-refractivity contribution is -0.267. The van der Waals surface area contributed by atoms with E-state index in [0.717, 1.165) is 27.8 Å². The zero-order valence-corrected chi connectivity index (χ0v) is 39.5. The first-order valence-corrected chi connectivity index (χ1v) is 24.8. The van der Waals surface area contributed by atoms with Crippen LogP contribution in [0.5, 0.6) is 0 Å². The van der Waals surface area contributed by atoms with Gasteiger partial charge in [0.05, 0.1) is 12.7 Å². The fourth-order valence-electron chi connectivity index (χ4n) is 8.57. The second-order valence-corrected chi connectivity index (χ2v) is 19.5. The number of anilines is 1. The molecule has 1 aromatic heterocycles. The Morgan fingerprint density at radius 1 is 0.866 bits per heavy atom. The van der Waals surface area contributed by atoms with Crippen LogP contribution in [0.1, 0.15) is 59.9 Å². The number of esters is 1. The van der Waals surface area contributed by atoms with Crippen LogP contribution in [0.4, 0.5) is 5.13 Å². The Balaban J connectivity index is 0.977. The lowest BCUT2D eigenvalue weighted by Crippen LogP contribution is -2.71. The van der Waals surface area contributed by atoms with Crippen LogP contribution in [0.15, 0.2) is 173 Å². The number of amides is 2. The van der Waals surface area contributed by atoms with Crippen molar-refractivity contribution >= 4 is 63.5 Å². The van der Waals surface area contributed by atoms with Crippen LogP contribution in [-0.2, 0) is 39.0 Å². The van der Waals surface area contributed by atoms with Crippen LogP contribution in [-0.4, -0.2) is 81.9 Å². The Morgan fingerprint density at radius 2 is 1.42 bits per heavy atom. The molecule has 67 heavy (non-hydrogen) atoms. The quantitative estimate of drug-likeness (QED) is 0.0316. The highest BCUT2D eigenvalue weighted by Gasteiger charge is 2.55. The summed E-state index contributed by atoms with van der Waals surface area (Å²) >= 11 is 4.25. The van der Waals surface area contributed by atoms with Gasteiger partial charge in [0.2, 0.25) is 0 Å². The predicted molar refractivity (Wildman–Crippen MR) is 263 cm³/mol. The molecule has 2 saturated heterocycles. The number of hydrogen-bond donors (Lipinski definition) is 2. The highest BCUT2D eigenvalue weighted by Crippen LogP contribution is 2.46. The molecule has 15 heteroatoms. The van der Waals surface area contributed by atoms with Crippen LogP contribution >= 0.6 is 34.9 Å². The maximum absolute atomic E-state index is 14.7. The molecular formula is C52H49N5O7S3. The van der Waals surface area contributed by atoms with E-state index >= 15 is 0 Å². The van der Waals surface area contributed by atoms with Gasteiger partial charge in [-0.3, -0.25) is 14.5 Å².